The fourth-order valence-electron chi connectivity index (χ4n) is 7.74. The molecular weight excluding hydrogens is 848 g/mol. The maximum Gasteiger partial charge on any atom is 0.338 e. The Kier molecular flexibility index (Phi) is 10.1. The van der Waals surface area contributed by atoms with E-state index in [9.17, 15) is 81.1 Å². The van der Waals surface area contributed by atoms with Crippen LogP contribution < -0.4 is 9.47 Å². The van der Waals surface area contributed by atoms with Crippen LogP contribution in [-0.2, 0) is 15.9 Å². The van der Waals surface area contributed by atoms with Gasteiger partial charge in [0.1, 0.15) is 40.6 Å². The lowest BCUT2D eigenvalue weighted by Gasteiger charge is -2.42. The minimum absolute atomic E-state index is 0.0106. The lowest BCUT2D eigenvalue weighted by Crippen LogP contribution is -2.40. The topological polar surface area (TPSA) is 354 Å². The van der Waals surface area contributed by atoms with E-state index in [1.54, 1.807) is 0 Å². The number of benzene rings is 6. The number of carbonyl (C=O) groups is 2. The molecule has 14 N–H and O–H groups in total. The molecule has 0 saturated heterocycles. The number of rotatable bonds is 7. The molecule has 330 valence electrons. The van der Waals surface area contributed by atoms with Gasteiger partial charge in [-0.3, -0.25) is 0 Å². The van der Waals surface area contributed by atoms with Gasteiger partial charge in [0.05, 0.1) is 17.0 Å². The highest BCUT2D eigenvalue weighted by molar-refractivity contribution is 5.92. The number of hydrogen-bond acceptors (Lipinski definition) is 20. The first kappa shape index (κ1) is 41.8. The molecule has 64 heavy (non-hydrogen) atoms. The van der Waals surface area contributed by atoms with Crippen LogP contribution in [0.4, 0.5) is 0 Å². The highest BCUT2D eigenvalue weighted by Gasteiger charge is 2.49. The van der Waals surface area contributed by atoms with Crippen LogP contribution in [0.5, 0.6) is 92.0 Å². The first-order valence-electron chi connectivity index (χ1n) is 18.7. The average molecular weight is 883 g/mol. The van der Waals surface area contributed by atoms with Crippen molar-refractivity contribution in [2.45, 2.75) is 36.8 Å². The maximum absolute atomic E-state index is 14.1. The first-order chi connectivity index (χ1) is 30.3. The molecule has 5 atom stereocenters. The van der Waals surface area contributed by atoms with Gasteiger partial charge < -0.3 is 90.4 Å². The van der Waals surface area contributed by atoms with Crippen molar-refractivity contribution in [2.24, 2.45) is 0 Å². The summed E-state index contributed by atoms with van der Waals surface area (Å²) in [6.45, 7) is 0. The van der Waals surface area contributed by atoms with Gasteiger partial charge in [-0.2, -0.15) is 0 Å². The lowest BCUT2D eigenvalue weighted by molar-refractivity contribution is -0.0303. The van der Waals surface area contributed by atoms with Crippen molar-refractivity contribution in [3.8, 4) is 92.0 Å². The summed E-state index contributed by atoms with van der Waals surface area (Å²) in [5.41, 5.74) is -1.85. The molecule has 0 bridgehead atoms. The summed E-state index contributed by atoms with van der Waals surface area (Å²) >= 11 is 0. The number of fused-ring (bicyclic) bond motifs is 2. The zero-order valence-electron chi connectivity index (χ0n) is 32.3. The van der Waals surface area contributed by atoms with Crippen molar-refractivity contribution in [1.82, 2.24) is 0 Å². The second kappa shape index (κ2) is 15.5. The van der Waals surface area contributed by atoms with Crippen molar-refractivity contribution in [1.29, 1.82) is 0 Å². The average Bonchev–Trinajstić information content (AvgIpc) is 3.23. The van der Waals surface area contributed by atoms with E-state index in [1.165, 1.54) is 12.1 Å². The summed E-state index contributed by atoms with van der Waals surface area (Å²) in [5.74, 6) is -15.6. The number of phenolic OH excluding ortho intramolecular Hbond substituents is 14. The third kappa shape index (κ3) is 7.23. The standard InChI is InChI=1S/C44H34O20/c45-19-11-26(51)34-32(12-19)61-40(16-2-4-22(47)25(50)6-16)42(64-44(60)18-9-30(55)38(58)31(56)10-18)36(34)35-27(52)14-23(48)20-13-33(62-43(59)17-7-28(53)37(57)29(54)8-17)39(63-41(20)35)15-1-3-21(46)24(49)5-15/h1-12,14,33,36,39-40,42,45-58H,13H2/t33-,36?,39+,40+,42-/m0/s1. The van der Waals surface area contributed by atoms with E-state index in [0.717, 1.165) is 66.7 Å². The molecule has 0 aliphatic carbocycles. The summed E-state index contributed by atoms with van der Waals surface area (Å²) in [4.78, 5) is 27.6. The zero-order chi connectivity index (χ0) is 46.0. The Morgan fingerprint density at radius 1 is 0.469 bits per heavy atom. The molecule has 6 aromatic rings. The summed E-state index contributed by atoms with van der Waals surface area (Å²) < 4.78 is 24.6. The minimum atomic E-state index is -1.85. The molecule has 0 radical (unpaired) electrons. The molecule has 0 aromatic heterocycles. The van der Waals surface area contributed by atoms with Gasteiger partial charge in [-0.1, -0.05) is 12.1 Å². The smallest absolute Gasteiger partial charge is 0.338 e. The van der Waals surface area contributed by atoms with Crippen molar-refractivity contribution in [2.75, 3.05) is 0 Å². The van der Waals surface area contributed by atoms with Crippen LogP contribution in [-0.4, -0.2) is 95.6 Å². The Bertz CT molecular complexity index is 2860. The van der Waals surface area contributed by atoms with Gasteiger partial charge in [0, 0.05) is 52.4 Å². The SMILES string of the molecule is O=C(O[C@H]1Cc2c(O)cc(O)c(C3c4c(O)cc(O)cc4O[C@H](c4ccc(O)c(O)c4)[C@H]3OC(=O)c3cc(O)c(O)c(O)c3)c2O[C@@H]1c1ccc(O)c(O)c1)c1cc(O)c(O)c(O)c1. The van der Waals surface area contributed by atoms with Crippen molar-refractivity contribution >= 4 is 11.9 Å². The summed E-state index contributed by atoms with van der Waals surface area (Å²) in [6.07, 6.45) is -6.98. The largest absolute Gasteiger partial charge is 0.508 e. The monoisotopic (exact) mass is 882 g/mol. The van der Waals surface area contributed by atoms with Gasteiger partial charge in [0.2, 0.25) is 0 Å². The third-order valence-corrected chi connectivity index (χ3v) is 10.7. The van der Waals surface area contributed by atoms with Gasteiger partial charge in [0.25, 0.3) is 0 Å². The molecule has 0 saturated carbocycles. The van der Waals surface area contributed by atoms with Gasteiger partial charge in [-0.15, -0.1) is 0 Å². The summed E-state index contributed by atoms with van der Waals surface area (Å²) in [6, 6.07) is 12.6. The molecular formula is C44H34O20. The van der Waals surface area contributed by atoms with Gasteiger partial charge in [-0.25, -0.2) is 9.59 Å². The Labute approximate surface area is 358 Å². The molecule has 20 nitrogen and oxygen atoms in total. The zero-order valence-corrected chi connectivity index (χ0v) is 32.3. The number of ether oxygens (including phenoxy) is 4. The second-order valence-electron chi connectivity index (χ2n) is 14.8. The van der Waals surface area contributed by atoms with Gasteiger partial charge >= 0.3 is 11.9 Å². The summed E-state index contributed by atoms with van der Waals surface area (Å²) in [7, 11) is 0. The highest BCUT2D eigenvalue weighted by atomic mass is 16.6. The van der Waals surface area contributed by atoms with Crippen LogP contribution >= 0.6 is 0 Å². The second-order valence-corrected chi connectivity index (χ2v) is 14.8. The van der Waals surface area contributed by atoms with Crippen LogP contribution in [0.15, 0.2) is 78.9 Å². The molecule has 6 aromatic carbocycles. The maximum atomic E-state index is 14.1. The fraction of sp³-hybridized carbons (Fsp3) is 0.136. The van der Waals surface area contributed by atoms with Gasteiger partial charge in [-0.05, 0) is 48.5 Å². The van der Waals surface area contributed by atoms with E-state index >= 15 is 0 Å². The van der Waals surface area contributed by atoms with Crippen molar-refractivity contribution in [3.05, 3.63) is 118 Å². The van der Waals surface area contributed by atoms with Crippen LogP contribution in [0.3, 0.4) is 0 Å². The molecule has 0 amide bonds. The first-order valence-corrected chi connectivity index (χ1v) is 18.7. The fourth-order valence-corrected chi connectivity index (χ4v) is 7.74. The predicted octanol–water partition coefficient (Wildman–Crippen LogP) is 4.96. The highest BCUT2D eigenvalue weighted by Crippen LogP contribution is 2.58. The molecule has 2 aliphatic heterocycles. The van der Waals surface area contributed by atoms with Crippen molar-refractivity contribution < 1.29 is 100 Å². The van der Waals surface area contributed by atoms with Crippen LogP contribution in [0.2, 0.25) is 0 Å². The number of phenols is 14. The van der Waals surface area contributed by atoms with E-state index in [1.807, 2.05) is 0 Å². The van der Waals surface area contributed by atoms with Crippen LogP contribution in [0.25, 0.3) is 0 Å². The predicted molar refractivity (Wildman–Crippen MR) is 213 cm³/mol. The Morgan fingerprint density at radius 2 is 0.969 bits per heavy atom. The number of aromatic hydroxyl groups is 14. The molecule has 0 spiro atoms. The van der Waals surface area contributed by atoms with E-state index in [-0.39, 0.29) is 33.6 Å². The van der Waals surface area contributed by atoms with E-state index < -0.39 is 146 Å². The Balaban J connectivity index is 1.34. The van der Waals surface area contributed by atoms with E-state index in [4.69, 9.17) is 18.9 Å². The molecule has 0 fully saturated rings. The van der Waals surface area contributed by atoms with Crippen LogP contribution in [0, 0.1) is 0 Å². The molecule has 1 unspecified atom stereocenters. The summed E-state index contributed by atoms with van der Waals surface area (Å²) in [5, 5.41) is 147. The normalized spacial score (nSPS) is 18.7. The van der Waals surface area contributed by atoms with Gasteiger partial charge in [0.15, 0.2) is 75.8 Å². The van der Waals surface area contributed by atoms with Crippen LogP contribution in [0.1, 0.15) is 66.7 Å². The minimum Gasteiger partial charge on any atom is -0.508 e. The number of esters is 2. The molecule has 8 rings (SSSR count). The van der Waals surface area contributed by atoms with E-state index in [0.29, 0.717) is 0 Å². The Morgan fingerprint density at radius 3 is 1.50 bits per heavy atom. The number of hydrogen-bond donors (Lipinski definition) is 14. The third-order valence-electron chi connectivity index (χ3n) is 10.7. The quantitative estimate of drug-likeness (QED) is 0.0744. The number of carbonyl (C=O) groups excluding carboxylic acids is 2. The molecule has 20 heteroatoms. The Hall–Kier alpha value is -8.94. The van der Waals surface area contributed by atoms with E-state index in [2.05, 4.69) is 0 Å². The lowest BCUT2D eigenvalue weighted by atomic mass is 9.77. The molecule has 2 aliphatic rings. The van der Waals surface area contributed by atoms with Crippen molar-refractivity contribution in [3.63, 3.8) is 0 Å². The molecule has 2 heterocycles.